The Bertz CT molecular complexity index is 716. The summed E-state index contributed by atoms with van der Waals surface area (Å²) < 4.78 is -1.78. The van der Waals surface area contributed by atoms with Crippen molar-refractivity contribution in [2.45, 2.75) is 107 Å². The van der Waals surface area contributed by atoms with Gasteiger partial charge in [0.05, 0.1) is 10.7 Å². The Morgan fingerprint density at radius 2 is 1.35 bits per heavy atom. The predicted octanol–water partition coefficient (Wildman–Crippen LogP) is 8.92. The van der Waals surface area contributed by atoms with Crippen molar-refractivity contribution >= 4 is 75.3 Å². The molecule has 0 aliphatic heterocycles. The Labute approximate surface area is 231 Å². The van der Waals surface area contributed by atoms with E-state index in [-0.39, 0.29) is 11.0 Å². The van der Waals surface area contributed by atoms with Crippen LogP contribution in [0.3, 0.4) is 0 Å². The summed E-state index contributed by atoms with van der Waals surface area (Å²) >= 11 is 29.6. The fraction of sp³-hybridized carbons (Fsp3) is 0.680. The smallest absolute Gasteiger partial charge is 0.228 e. The van der Waals surface area contributed by atoms with E-state index in [9.17, 15) is 4.79 Å². The zero-order valence-electron chi connectivity index (χ0n) is 20.1. The maximum absolute atomic E-state index is 12.4. The highest BCUT2D eigenvalue weighted by molar-refractivity contribution is 7.80. The number of rotatable bonds is 17. The zero-order valence-corrected chi connectivity index (χ0v) is 24.0. The number of amides is 1. The van der Waals surface area contributed by atoms with Crippen LogP contribution in [-0.2, 0) is 4.79 Å². The van der Waals surface area contributed by atoms with Crippen molar-refractivity contribution in [2.75, 3.05) is 5.32 Å². The van der Waals surface area contributed by atoms with Gasteiger partial charge in [0.1, 0.15) is 6.17 Å². The van der Waals surface area contributed by atoms with Crippen molar-refractivity contribution in [3.05, 3.63) is 29.3 Å². The van der Waals surface area contributed by atoms with Gasteiger partial charge < -0.3 is 16.0 Å². The van der Waals surface area contributed by atoms with E-state index in [0.717, 1.165) is 19.3 Å². The van der Waals surface area contributed by atoms with Gasteiger partial charge >= 0.3 is 0 Å². The number of anilines is 1. The molecule has 4 nitrogen and oxygen atoms in total. The molecule has 1 aromatic carbocycles. The highest BCUT2D eigenvalue weighted by Crippen LogP contribution is 2.29. The van der Waals surface area contributed by atoms with Crippen molar-refractivity contribution in [2.24, 2.45) is 0 Å². The quantitative estimate of drug-likeness (QED) is 0.0757. The monoisotopic (exact) mass is 569 g/mol. The number of carbonyl (C=O) groups is 1. The third-order valence-electron chi connectivity index (χ3n) is 5.54. The molecule has 1 rings (SSSR count). The van der Waals surface area contributed by atoms with E-state index < -0.39 is 9.96 Å². The number of alkyl halides is 3. The van der Waals surface area contributed by atoms with E-state index >= 15 is 0 Å². The zero-order chi connectivity index (χ0) is 25.2. The molecule has 1 amide bonds. The standard InChI is InChI=1S/C25H39Cl4N3OS/c1-2-3-4-5-6-7-8-9-10-11-12-13-14-19-22(33)31-23(25(27,28)29)32-24(34)30-21-18-16-15-17-20(21)26/h15-18,23H,2-14,19H2,1H3,(H,31,33)(H2,30,32,34). The lowest BCUT2D eigenvalue weighted by Gasteiger charge is -2.28. The first-order valence-electron chi connectivity index (χ1n) is 12.4. The molecule has 0 saturated heterocycles. The van der Waals surface area contributed by atoms with E-state index in [2.05, 4.69) is 22.9 Å². The van der Waals surface area contributed by atoms with E-state index in [4.69, 9.17) is 58.6 Å². The van der Waals surface area contributed by atoms with Crippen LogP contribution < -0.4 is 16.0 Å². The van der Waals surface area contributed by atoms with Crippen LogP contribution in [0.15, 0.2) is 24.3 Å². The number of hydrogen-bond acceptors (Lipinski definition) is 2. The summed E-state index contributed by atoms with van der Waals surface area (Å²) in [7, 11) is 0. The average molecular weight is 571 g/mol. The van der Waals surface area contributed by atoms with Crippen LogP contribution in [0.2, 0.25) is 5.02 Å². The first kappa shape index (κ1) is 31.6. The molecule has 0 spiro atoms. The van der Waals surface area contributed by atoms with Gasteiger partial charge in [-0.25, -0.2) is 0 Å². The summed E-state index contributed by atoms with van der Waals surface area (Å²) in [5, 5.41) is 9.20. The van der Waals surface area contributed by atoms with Crippen LogP contribution in [0, 0.1) is 0 Å². The summed E-state index contributed by atoms with van der Waals surface area (Å²) in [5.74, 6) is -0.188. The number of hydrogen-bond donors (Lipinski definition) is 3. The maximum Gasteiger partial charge on any atom is 0.228 e. The Morgan fingerprint density at radius 1 is 0.853 bits per heavy atom. The van der Waals surface area contributed by atoms with Crippen molar-refractivity contribution in [1.29, 1.82) is 0 Å². The van der Waals surface area contributed by atoms with Gasteiger partial charge in [-0.3, -0.25) is 4.79 Å². The molecule has 0 bridgehead atoms. The average Bonchev–Trinajstić information content (AvgIpc) is 2.77. The van der Waals surface area contributed by atoms with Crippen molar-refractivity contribution in [3.8, 4) is 0 Å². The first-order valence-corrected chi connectivity index (χ1v) is 14.3. The fourth-order valence-corrected chi connectivity index (χ4v) is 4.33. The molecule has 1 atom stereocenters. The van der Waals surface area contributed by atoms with Crippen LogP contribution >= 0.6 is 58.6 Å². The van der Waals surface area contributed by atoms with Crippen LogP contribution in [0.4, 0.5) is 5.69 Å². The maximum atomic E-state index is 12.4. The number of carbonyl (C=O) groups excluding carboxylic acids is 1. The molecule has 0 aliphatic rings. The third kappa shape index (κ3) is 15.5. The molecule has 1 aromatic rings. The molecule has 0 saturated carbocycles. The molecule has 9 heteroatoms. The van der Waals surface area contributed by atoms with E-state index in [1.54, 1.807) is 12.1 Å². The molecule has 0 fully saturated rings. The molecule has 0 aliphatic carbocycles. The minimum atomic E-state index is -1.78. The lowest BCUT2D eigenvalue weighted by Crippen LogP contribution is -2.56. The van der Waals surface area contributed by atoms with Gasteiger partial charge in [0.15, 0.2) is 5.11 Å². The van der Waals surface area contributed by atoms with Crippen molar-refractivity contribution in [1.82, 2.24) is 10.6 Å². The Hall–Kier alpha value is -0.460. The van der Waals surface area contributed by atoms with Gasteiger partial charge in [0, 0.05) is 6.42 Å². The topological polar surface area (TPSA) is 53.2 Å². The number of para-hydroxylation sites is 1. The fourth-order valence-electron chi connectivity index (χ4n) is 3.59. The van der Waals surface area contributed by atoms with Crippen molar-refractivity contribution in [3.63, 3.8) is 0 Å². The largest absolute Gasteiger partial charge is 0.339 e. The summed E-state index contributed by atoms with van der Waals surface area (Å²) in [6, 6.07) is 7.13. The normalized spacial score (nSPS) is 12.3. The Kier molecular flexibility index (Phi) is 17.4. The second kappa shape index (κ2) is 18.8. The van der Waals surface area contributed by atoms with Gasteiger partial charge in [-0.15, -0.1) is 0 Å². The molecule has 0 heterocycles. The second-order valence-electron chi connectivity index (χ2n) is 8.61. The van der Waals surface area contributed by atoms with Gasteiger partial charge in [0.25, 0.3) is 0 Å². The number of benzene rings is 1. The molecule has 1 unspecified atom stereocenters. The van der Waals surface area contributed by atoms with Crippen molar-refractivity contribution < 1.29 is 4.79 Å². The number of halogens is 4. The van der Waals surface area contributed by atoms with Gasteiger partial charge in [0.2, 0.25) is 9.70 Å². The minimum absolute atomic E-state index is 0.186. The number of thiocarbonyl (C=S) groups is 1. The first-order chi connectivity index (χ1) is 16.2. The van der Waals surface area contributed by atoms with Crippen LogP contribution in [0.5, 0.6) is 0 Å². The summed E-state index contributed by atoms with van der Waals surface area (Å²) in [4.78, 5) is 12.4. The van der Waals surface area contributed by atoms with Crippen LogP contribution in [0.1, 0.15) is 96.8 Å². The lowest BCUT2D eigenvalue weighted by atomic mass is 10.0. The SMILES string of the molecule is CCCCCCCCCCCCCCCC(=O)NC(NC(=S)Nc1ccccc1Cl)C(Cl)(Cl)Cl. The predicted molar refractivity (Wildman–Crippen MR) is 153 cm³/mol. The number of unbranched alkanes of at least 4 members (excludes halogenated alkanes) is 12. The lowest BCUT2D eigenvalue weighted by molar-refractivity contribution is -0.122. The summed E-state index contributed by atoms with van der Waals surface area (Å²) in [6.07, 6.45) is 15.7. The van der Waals surface area contributed by atoms with Gasteiger partial charge in [-0.05, 0) is 30.8 Å². The Balaban J connectivity index is 2.19. The van der Waals surface area contributed by atoms with E-state index in [1.165, 1.54) is 64.2 Å². The molecule has 3 N–H and O–H groups in total. The summed E-state index contributed by atoms with van der Waals surface area (Å²) in [5.41, 5.74) is 0.614. The van der Waals surface area contributed by atoms with Crippen LogP contribution in [-0.4, -0.2) is 21.0 Å². The number of nitrogens with one attached hydrogen (secondary N) is 3. The second-order valence-corrected chi connectivity index (χ2v) is 11.8. The molecular formula is C25H39Cl4N3OS. The van der Waals surface area contributed by atoms with Gasteiger partial charge in [-0.2, -0.15) is 0 Å². The molecule has 0 radical (unpaired) electrons. The highest BCUT2D eigenvalue weighted by atomic mass is 35.6. The van der Waals surface area contributed by atoms with E-state index in [1.807, 2.05) is 12.1 Å². The van der Waals surface area contributed by atoms with Gasteiger partial charge in [-0.1, -0.05) is 143 Å². The highest BCUT2D eigenvalue weighted by Gasteiger charge is 2.34. The molecular weight excluding hydrogens is 532 g/mol. The summed E-state index contributed by atoms with van der Waals surface area (Å²) in [6.45, 7) is 2.25. The Morgan fingerprint density at radius 3 is 1.85 bits per heavy atom. The van der Waals surface area contributed by atoms with Crippen LogP contribution in [0.25, 0.3) is 0 Å². The minimum Gasteiger partial charge on any atom is -0.339 e. The molecule has 194 valence electrons. The third-order valence-corrected chi connectivity index (χ3v) is 6.74. The molecule has 34 heavy (non-hydrogen) atoms. The van der Waals surface area contributed by atoms with E-state index in [0.29, 0.717) is 17.1 Å². The molecule has 0 aromatic heterocycles.